The largest absolute Gasteiger partial charge is 0.465 e. The van der Waals surface area contributed by atoms with Crippen molar-refractivity contribution in [3.8, 4) is 0 Å². The van der Waals surface area contributed by atoms with Crippen molar-refractivity contribution in [3.05, 3.63) is 53.6 Å². The average Bonchev–Trinajstić information content (AvgIpc) is 2.62. The Hall–Kier alpha value is -2.54. The molecular formula is C20H26N2O4S. The van der Waals surface area contributed by atoms with E-state index in [1.807, 2.05) is 19.1 Å². The van der Waals surface area contributed by atoms with E-state index < -0.39 is 16.0 Å². The minimum Gasteiger partial charge on any atom is -0.465 e. The first kappa shape index (κ1) is 20.8. The Kier molecular flexibility index (Phi) is 6.85. The molecule has 0 fully saturated rings. The Balaban J connectivity index is 2.38. The highest BCUT2D eigenvalue weighted by molar-refractivity contribution is 7.92. The van der Waals surface area contributed by atoms with Gasteiger partial charge in [0.2, 0.25) is 0 Å². The number of ether oxygens (including phenoxy) is 1. The van der Waals surface area contributed by atoms with Gasteiger partial charge in [0.05, 0.1) is 18.4 Å². The number of carbonyl (C=O) groups is 1. The topological polar surface area (TPSA) is 84.5 Å². The van der Waals surface area contributed by atoms with E-state index in [2.05, 4.69) is 23.9 Å². The molecule has 2 N–H and O–H groups in total. The molecule has 0 aliphatic rings. The van der Waals surface area contributed by atoms with Gasteiger partial charge in [0, 0.05) is 12.2 Å². The fraction of sp³-hybridized carbons (Fsp3) is 0.350. The first-order valence-corrected chi connectivity index (χ1v) is 10.3. The quantitative estimate of drug-likeness (QED) is 0.665. The van der Waals surface area contributed by atoms with Crippen molar-refractivity contribution in [3.63, 3.8) is 0 Å². The molecule has 0 heterocycles. The Morgan fingerprint density at radius 1 is 1.11 bits per heavy atom. The Morgan fingerprint density at radius 2 is 1.78 bits per heavy atom. The molecule has 0 saturated carbocycles. The van der Waals surface area contributed by atoms with Gasteiger partial charge in [-0.2, -0.15) is 0 Å². The highest BCUT2D eigenvalue weighted by Crippen LogP contribution is 2.26. The van der Waals surface area contributed by atoms with Crippen LogP contribution in [0.5, 0.6) is 0 Å². The molecule has 6 nitrogen and oxygen atoms in total. The smallest absolute Gasteiger partial charge is 0.337 e. The van der Waals surface area contributed by atoms with Crippen molar-refractivity contribution in [1.82, 2.24) is 0 Å². The maximum Gasteiger partial charge on any atom is 0.337 e. The summed E-state index contributed by atoms with van der Waals surface area (Å²) in [6.45, 7) is 6.74. The van der Waals surface area contributed by atoms with Gasteiger partial charge in [0.1, 0.15) is 4.90 Å². The van der Waals surface area contributed by atoms with E-state index in [-0.39, 0.29) is 10.5 Å². The van der Waals surface area contributed by atoms with Gasteiger partial charge in [-0.3, -0.25) is 4.72 Å². The molecule has 0 unspecified atom stereocenters. The van der Waals surface area contributed by atoms with Gasteiger partial charge < -0.3 is 10.1 Å². The van der Waals surface area contributed by atoms with Crippen molar-refractivity contribution >= 4 is 27.4 Å². The molecule has 0 aromatic heterocycles. The van der Waals surface area contributed by atoms with Crippen molar-refractivity contribution in [2.24, 2.45) is 5.92 Å². The van der Waals surface area contributed by atoms with Crippen LogP contribution in [0.4, 0.5) is 11.4 Å². The predicted octanol–water partition coefficient (Wildman–Crippen LogP) is 4.04. The van der Waals surface area contributed by atoms with E-state index in [1.165, 1.54) is 13.2 Å². The first-order chi connectivity index (χ1) is 12.7. The lowest BCUT2D eigenvalue weighted by Gasteiger charge is -2.16. The van der Waals surface area contributed by atoms with Gasteiger partial charge in [0.15, 0.2) is 0 Å². The van der Waals surface area contributed by atoms with Gasteiger partial charge in [0.25, 0.3) is 10.0 Å². The molecule has 0 bridgehead atoms. The highest BCUT2D eigenvalue weighted by atomic mass is 32.2. The van der Waals surface area contributed by atoms with E-state index >= 15 is 0 Å². The van der Waals surface area contributed by atoms with Crippen molar-refractivity contribution < 1.29 is 17.9 Å². The summed E-state index contributed by atoms with van der Waals surface area (Å²) in [4.78, 5) is 11.9. The van der Waals surface area contributed by atoms with E-state index in [9.17, 15) is 13.2 Å². The van der Waals surface area contributed by atoms with Crippen LogP contribution in [0.15, 0.2) is 47.4 Å². The first-order valence-electron chi connectivity index (χ1n) is 8.78. The molecular weight excluding hydrogens is 364 g/mol. The zero-order valence-electron chi connectivity index (χ0n) is 16.1. The number of hydrogen-bond acceptors (Lipinski definition) is 5. The number of sulfonamides is 1. The van der Waals surface area contributed by atoms with E-state index in [4.69, 9.17) is 4.74 Å². The molecule has 0 aliphatic heterocycles. The van der Waals surface area contributed by atoms with Crippen LogP contribution in [0.3, 0.4) is 0 Å². The van der Waals surface area contributed by atoms with E-state index in [0.717, 1.165) is 12.0 Å². The number of methoxy groups -OCH3 is 1. The summed E-state index contributed by atoms with van der Waals surface area (Å²) in [6.07, 6.45) is 0.892. The maximum atomic E-state index is 13.0. The molecule has 0 amide bonds. The number of nitrogens with one attached hydrogen (secondary N) is 2. The van der Waals surface area contributed by atoms with Crippen LogP contribution in [-0.4, -0.2) is 28.0 Å². The summed E-state index contributed by atoms with van der Waals surface area (Å²) in [6, 6.07) is 11.5. The second-order valence-corrected chi connectivity index (χ2v) is 8.43. The SMILES string of the molecule is COC(=O)c1ccc(NCCC(C)C)c(S(=O)(=O)Nc2ccc(C)cc2)c1. The van der Waals surface area contributed by atoms with Gasteiger partial charge >= 0.3 is 5.97 Å². The van der Waals surface area contributed by atoms with Crippen LogP contribution in [0.2, 0.25) is 0 Å². The summed E-state index contributed by atoms with van der Waals surface area (Å²) in [7, 11) is -2.63. The number of rotatable bonds is 8. The van der Waals surface area contributed by atoms with Crippen LogP contribution >= 0.6 is 0 Å². The molecule has 2 aromatic carbocycles. The molecule has 7 heteroatoms. The molecule has 0 spiro atoms. The summed E-state index contributed by atoms with van der Waals surface area (Å²) in [5, 5.41) is 3.16. The third-order valence-electron chi connectivity index (χ3n) is 4.03. The van der Waals surface area contributed by atoms with Gasteiger partial charge in [-0.15, -0.1) is 0 Å². The maximum absolute atomic E-state index is 13.0. The third-order valence-corrected chi connectivity index (χ3v) is 5.45. The van der Waals surface area contributed by atoms with Crippen LogP contribution in [-0.2, 0) is 14.8 Å². The number of anilines is 2. The van der Waals surface area contributed by atoms with Gasteiger partial charge in [-0.05, 0) is 49.6 Å². The fourth-order valence-electron chi connectivity index (χ4n) is 2.46. The van der Waals surface area contributed by atoms with Crippen LogP contribution < -0.4 is 10.0 Å². The number of esters is 1. The number of aryl methyl sites for hydroxylation is 1. The molecule has 2 aromatic rings. The summed E-state index contributed by atoms with van der Waals surface area (Å²) in [5.41, 5.74) is 2.11. The van der Waals surface area contributed by atoms with Crippen molar-refractivity contribution in [1.29, 1.82) is 0 Å². The molecule has 0 radical (unpaired) electrons. The lowest BCUT2D eigenvalue weighted by Crippen LogP contribution is -2.17. The summed E-state index contributed by atoms with van der Waals surface area (Å²) >= 11 is 0. The average molecular weight is 391 g/mol. The second-order valence-electron chi connectivity index (χ2n) is 6.78. The normalized spacial score (nSPS) is 11.3. The molecule has 0 aliphatic carbocycles. The minimum atomic E-state index is -3.89. The van der Waals surface area contributed by atoms with Crippen molar-refractivity contribution in [2.45, 2.75) is 32.1 Å². The molecule has 2 rings (SSSR count). The fourth-order valence-corrected chi connectivity index (χ4v) is 3.73. The molecule has 0 saturated heterocycles. The third kappa shape index (κ3) is 5.72. The number of hydrogen-bond donors (Lipinski definition) is 2. The monoisotopic (exact) mass is 390 g/mol. The standard InChI is InChI=1S/C20H26N2O4S/c1-14(2)11-12-21-18-10-7-16(20(23)26-4)13-19(18)27(24,25)22-17-8-5-15(3)6-9-17/h5-10,13-14,21-22H,11-12H2,1-4H3. The van der Waals surface area contributed by atoms with E-state index in [1.54, 1.807) is 24.3 Å². The number of carbonyl (C=O) groups excluding carboxylic acids is 1. The zero-order chi connectivity index (χ0) is 20.0. The molecule has 27 heavy (non-hydrogen) atoms. The summed E-state index contributed by atoms with van der Waals surface area (Å²) in [5.74, 6) is -0.104. The molecule has 0 atom stereocenters. The zero-order valence-corrected chi connectivity index (χ0v) is 16.9. The molecule has 146 valence electrons. The summed E-state index contributed by atoms with van der Waals surface area (Å²) < 4.78 is 33.2. The lowest BCUT2D eigenvalue weighted by molar-refractivity contribution is 0.0600. The Bertz CT molecular complexity index is 891. The van der Waals surface area contributed by atoms with Crippen molar-refractivity contribution in [2.75, 3.05) is 23.7 Å². The Labute approximate surface area is 161 Å². The van der Waals surface area contributed by atoms with Crippen LogP contribution in [0.25, 0.3) is 0 Å². The lowest BCUT2D eigenvalue weighted by atomic mass is 10.1. The minimum absolute atomic E-state index is 0.00901. The Morgan fingerprint density at radius 3 is 2.37 bits per heavy atom. The van der Waals surface area contributed by atoms with E-state index in [0.29, 0.717) is 23.8 Å². The predicted molar refractivity (Wildman–Crippen MR) is 108 cm³/mol. The second kappa shape index (κ2) is 8.90. The van der Waals surface area contributed by atoms with Gasteiger partial charge in [-0.25, -0.2) is 13.2 Å². The van der Waals surface area contributed by atoms with Crippen LogP contribution in [0, 0.1) is 12.8 Å². The highest BCUT2D eigenvalue weighted by Gasteiger charge is 2.21. The van der Waals surface area contributed by atoms with Crippen LogP contribution in [0.1, 0.15) is 36.2 Å². The number of benzene rings is 2. The van der Waals surface area contributed by atoms with Gasteiger partial charge in [-0.1, -0.05) is 31.5 Å².